The van der Waals surface area contributed by atoms with Crippen LogP contribution >= 0.6 is 12.2 Å². The van der Waals surface area contributed by atoms with Crippen molar-refractivity contribution < 1.29 is 13.2 Å². The third-order valence-corrected chi connectivity index (χ3v) is 3.63. The van der Waals surface area contributed by atoms with Crippen molar-refractivity contribution in [1.29, 1.82) is 0 Å². The van der Waals surface area contributed by atoms with E-state index in [4.69, 9.17) is 12.2 Å². The summed E-state index contributed by atoms with van der Waals surface area (Å²) in [4.78, 5) is 8.43. The van der Waals surface area contributed by atoms with Crippen LogP contribution in [0.15, 0.2) is 30.5 Å². The van der Waals surface area contributed by atoms with Gasteiger partial charge in [-0.15, -0.1) is 0 Å². The van der Waals surface area contributed by atoms with Crippen LogP contribution in [0.5, 0.6) is 0 Å². The zero-order chi connectivity index (χ0) is 15.5. The molecule has 0 unspecified atom stereocenters. The summed E-state index contributed by atoms with van der Waals surface area (Å²) in [6, 6.07) is 3.92. The molecule has 1 saturated heterocycles. The molecule has 0 aliphatic carbocycles. The van der Waals surface area contributed by atoms with Crippen LogP contribution in [0.2, 0.25) is 0 Å². The summed E-state index contributed by atoms with van der Waals surface area (Å²) < 4.78 is 36.4. The van der Waals surface area contributed by atoms with Gasteiger partial charge in [0.2, 0.25) is 0 Å². The molecule has 1 aromatic heterocycles. The number of anilines is 1. The molecule has 1 aromatic rings. The van der Waals surface area contributed by atoms with Crippen molar-refractivity contribution in [3.05, 3.63) is 36.0 Å². The molecule has 7 heteroatoms. The maximum atomic E-state index is 12.1. The number of hydrogen-bond donors (Lipinski definition) is 0. The van der Waals surface area contributed by atoms with Crippen molar-refractivity contribution in [1.82, 2.24) is 9.88 Å². The Balaban J connectivity index is 1.91. The summed E-state index contributed by atoms with van der Waals surface area (Å²) in [5, 5.41) is 0. The molecule has 2 heterocycles. The molecule has 0 atom stereocenters. The van der Waals surface area contributed by atoms with Crippen molar-refractivity contribution in [2.24, 2.45) is 0 Å². The number of allylic oxidation sites excluding steroid dienone is 1. The van der Waals surface area contributed by atoms with E-state index in [1.807, 2.05) is 19.1 Å². The number of aryl methyl sites for hydroxylation is 1. The van der Waals surface area contributed by atoms with Gasteiger partial charge in [-0.2, -0.15) is 13.2 Å². The van der Waals surface area contributed by atoms with Crippen LogP contribution in [0.4, 0.5) is 19.0 Å². The molecule has 1 fully saturated rings. The third kappa shape index (κ3) is 4.70. The van der Waals surface area contributed by atoms with Crippen LogP contribution < -0.4 is 4.90 Å². The zero-order valence-corrected chi connectivity index (χ0v) is 12.4. The van der Waals surface area contributed by atoms with Gasteiger partial charge in [-0.25, -0.2) is 4.98 Å². The Bertz CT molecular complexity index is 535. The lowest BCUT2D eigenvalue weighted by Crippen LogP contribution is -2.48. The fraction of sp³-hybridized carbons (Fsp3) is 0.429. The number of halogens is 3. The molecule has 114 valence electrons. The smallest absolute Gasteiger partial charge is 0.359 e. The molecule has 3 nitrogen and oxygen atoms in total. The van der Waals surface area contributed by atoms with Gasteiger partial charge in [-0.1, -0.05) is 12.2 Å². The minimum Gasteiger partial charge on any atom is -0.359 e. The lowest BCUT2D eigenvalue weighted by molar-refractivity contribution is -0.0797. The summed E-state index contributed by atoms with van der Waals surface area (Å²) in [7, 11) is 0. The molecule has 0 aromatic carbocycles. The Hall–Kier alpha value is -1.63. The number of pyridine rings is 1. The summed E-state index contributed by atoms with van der Waals surface area (Å²) in [5.41, 5.74) is 1.13. The molecule has 0 saturated carbocycles. The first kappa shape index (κ1) is 15.8. The fourth-order valence-electron chi connectivity index (χ4n) is 2.12. The first-order chi connectivity index (χ1) is 9.85. The molecular formula is C14H16F3N3S. The second kappa shape index (κ2) is 6.43. The van der Waals surface area contributed by atoms with Crippen molar-refractivity contribution in [2.75, 3.05) is 31.1 Å². The monoisotopic (exact) mass is 315 g/mol. The standard InChI is InChI=1S/C14H16F3N3S/c1-11-3-5-18-12(10-11)19-6-8-20(9-7-19)13(21)2-4-14(15,16)17/h2-5,10H,6-9H2,1H3/b4-2+. The van der Waals surface area contributed by atoms with Crippen LogP contribution in [0.3, 0.4) is 0 Å². The Kier molecular flexibility index (Phi) is 4.82. The van der Waals surface area contributed by atoms with Gasteiger partial charge in [-0.3, -0.25) is 0 Å². The van der Waals surface area contributed by atoms with Crippen LogP contribution in [-0.2, 0) is 0 Å². The van der Waals surface area contributed by atoms with E-state index in [0.29, 0.717) is 26.2 Å². The van der Waals surface area contributed by atoms with E-state index in [1.165, 1.54) is 0 Å². The summed E-state index contributed by atoms with van der Waals surface area (Å²) >= 11 is 5.02. The number of hydrogen-bond acceptors (Lipinski definition) is 3. The Morgan fingerprint density at radius 2 is 1.95 bits per heavy atom. The average molecular weight is 315 g/mol. The quantitative estimate of drug-likeness (QED) is 0.617. The van der Waals surface area contributed by atoms with Crippen molar-refractivity contribution in [2.45, 2.75) is 13.1 Å². The maximum Gasteiger partial charge on any atom is 0.409 e. The minimum atomic E-state index is -4.32. The van der Waals surface area contributed by atoms with Gasteiger partial charge < -0.3 is 9.80 Å². The molecule has 0 bridgehead atoms. The van der Waals surface area contributed by atoms with Crippen LogP contribution in [0.25, 0.3) is 0 Å². The van der Waals surface area contributed by atoms with Gasteiger partial charge in [-0.05, 0) is 30.7 Å². The number of alkyl halides is 3. The first-order valence-corrected chi connectivity index (χ1v) is 6.98. The first-order valence-electron chi connectivity index (χ1n) is 6.58. The summed E-state index contributed by atoms with van der Waals surface area (Å²) in [6.45, 7) is 4.57. The van der Waals surface area contributed by atoms with Gasteiger partial charge >= 0.3 is 6.18 Å². The molecular weight excluding hydrogens is 299 g/mol. The highest BCUT2D eigenvalue weighted by Crippen LogP contribution is 2.18. The van der Waals surface area contributed by atoms with Crippen molar-refractivity contribution >= 4 is 23.0 Å². The minimum absolute atomic E-state index is 0.184. The van der Waals surface area contributed by atoms with Crippen LogP contribution in [0.1, 0.15) is 5.56 Å². The fourth-order valence-corrected chi connectivity index (χ4v) is 2.37. The maximum absolute atomic E-state index is 12.1. The second-order valence-corrected chi connectivity index (χ2v) is 5.30. The molecule has 1 aliphatic rings. The number of aromatic nitrogens is 1. The van der Waals surface area contributed by atoms with Crippen LogP contribution in [-0.4, -0.2) is 47.2 Å². The molecule has 2 rings (SSSR count). The highest BCUT2D eigenvalue weighted by Gasteiger charge is 2.24. The number of nitrogens with zero attached hydrogens (tertiary/aromatic N) is 3. The van der Waals surface area contributed by atoms with E-state index >= 15 is 0 Å². The molecule has 0 spiro atoms. The topological polar surface area (TPSA) is 19.4 Å². The van der Waals surface area contributed by atoms with Gasteiger partial charge in [0, 0.05) is 38.5 Å². The van der Waals surface area contributed by atoms with E-state index < -0.39 is 6.18 Å². The van der Waals surface area contributed by atoms with Crippen molar-refractivity contribution in [3.8, 4) is 0 Å². The number of rotatable bonds is 2. The highest BCUT2D eigenvalue weighted by molar-refractivity contribution is 7.80. The predicted molar refractivity (Wildman–Crippen MR) is 80.6 cm³/mol. The van der Waals surface area contributed by atoms with Crippen molar-refractivity contribution in [3.63, 3.8) is 0 Å². The van der Waals surface area contributed by atoms with Crippen LogP contribution in [0, 0.1) is 6.92 Å². The molecule has 0 radical (unpaired) electrons. The van der Waals surface area contributed by atoms with Gasteiger partial charge in [0.05, 0.1) is 0 Å². The summed E-state index contributed by atoms with van der Waals surface area (Å²) in [5.74, 6) is 0.895. The second-order valence-electron chi connectivity index (χ2n) is 4.88. The number of piperazine rings is 1. The lowest BCUT2D eigenvalue weighted by atomic mass is 10.2. The van der Waals surface area contributed by atoms with E-state index in [2.05, 4.69) is 9.88 Å². The SMILES string of the molecule is Cc1ccnc(N2CCN(C(=S)/C=C/C(F)(F)F)CC2)c1. The Morgan fingerprint density at radius 1 is 1.29 bits per heavy atom. The van der Waals surface area contributed by atoms with E-state index in [1.54, 1.807) is 11.1 Å². The molecule has 0 N–H and O–H groups in total. The number of thiocarbonyl (C=S) groups is 1. The van der Waals surface area contributed by atoms with Gasteiger partial charge in [0.25, 0.3) is 0 Å². The third-order valence-electron chi connectivity index (χ3n) is 3.23. The van der Waals surface area contributed by atoms with E-state index in [-0.39, 0.29) is 11.1 Å². The Morgan fingerprint density at radius 3 is 2.52 bits per heavy atom. The molecule has 21 heavy (non-hydrogen) atoms. The van der Waals surface area contributed by atoms with Gasteiger partial charge in [0.15, 0.2) is 0 Å². The predicted octanol–water partition coefficient (Wildman–Crippen LogP) is 2.96. The summed E-state index contributed by atoms with van der Waals surface area (Å²) in [6.07, 6.45) is -1.43. The van der Waals surface area contributed by atoms with E-state index in [0.717, 1.165) is 17.5 Å². The normalized spacial score (nSPS) is 16.6. The van der Waals surface area contributed by atoms with E-state index in [9.17, 15) is 13.2 Å². The molecule has 1 aliphatic heterocycles. The largest absolute Gasteiger partial charge is 0.409 e. The molecule has 0 amide bonds. The lowest BCUT2D eigenvalue weighted by Gasteiger charge is -2.36. The average Bonchev–Trinajstić information content (AvgIpc) is 2.44. The zero-order valence-electron chi connectivity index (χ0n) is 11.6. The highest BCUT2D eigenvalue weighted by atomic mass is 32.1. The van der Waals surface area contributed by atoms with Gasteiger partial charge in [0.1, 0.15) is 10.8 Å². The Labute approximate surface area is 127 Å².